The van der Waals surface area contributed by atoms with Crippen LogP contribution in [0.3, 0.4) is 0 Å². The van der Waals surface area contributed by atoms with Crippen molar-refractivity contribution >= 4 is 23.9 Å². The normalized spacial score (nSPS) is 32.1. The number of aliphatic hydroxyl groups excluding tert-OH is 2. The number of hydrogen-bond donors (Lipinski definition) is 5. The lowest BCUT2D eigenvalue weighted by Gasteiger charge is -2.54. The predicted molar refractivity (Wildman–Crippen MR) is 137 cm³/mol. The molecule has 12 heteroatoms. The van der Waals surface area contributed by atoms with E-state index < -0.39 is 75.6 Å². The van der Waals surface area contributed by atoms with E-state index in [1.165, 1.54) is 25.1 Å². The molecule has 6 atom stereocenters. The Bertz CT molecular complexity index is 1340. The van der Waals surface area contributed by atoms with Crippen molar-refractivity contribution in [1.82, 2.24) is 4.90 Å². The van der Waals surface area contributed by atoms with Gasteiger partial charge in [-0.3, -0.25) is 24.1 Å². The molecule has 0 unspecified atom stereocenters. The number of aliphatic hydroxyl groups is 3. The zero-order valence-corrected chi connectivity index (χ0v) is 22.1. The number of ether oxygens (including phenoxy) is 2. The van der Waals surface area contributed by atoms with Gasteiger partial charge in [0.2, 0.25) is 5.78 Å². The number of nitrogens with zero attached hydrogens (tertiary/aromatic N) is 1. The van der Waals surface area contributed by atoms with Gasteiger partial charge in [-0.05, 0) is 38.6 Å². The Labute approximate surface area is 229 Å². The molecule has 4 aliphatic rings. The van der Waals surface area contributed by atoms with E-state index in [1.807, 2.05) is 0 Å². The summed E-state index contributed by atoms with van der Waals surface area (Å²) in [5.41, 5.74) is 1.26. The molecule has 0 aliphatic heterocycles. The number of primary amides is 1. The molecule has 0 saturated heterocycles. The largest absolute Gasteiger partial charge is 0.510 e. The van der Waals surface area contributed by atoms with Crippen LogP contribution in [0, 0.1) is 11.8 Å². The van der Waals surface area contributed by atoms with Crippen molar-refractivity contribution in [3.05, 3.63) is 52.0 Å². The van der Waals surface area contributed by atoms with Crippen LogP contribution in [0.25, 0.3) is 0 Å². The highest BCUT2D eigenvalue weighted by atomic mass is 16.5. The first-order valence-electron chi connectivity index (χ1n) is 13.1. The molecule has 1 fully saturated rings. The SMILES string of the molecule is CN(C)[C@H]1C(O)=C(C(N)=O)C(=O)[C@@]2(O)C(O)=C3C(=O)c4c(O)cccc4[C@@H](COC4CCCC4)[C@@H]3[C@@H](OC=O)[C@H]12. The standard InChI is InChI=1S/C28H32N2O10/c1-30(2)21-20-24(40-11-31)17-14(10-39-12-6-3-4-7-12)13-8-5-9-15(32)16(13)22(33)18(17)25(35)28(20,38)26(36)19(23(21)34)27(29)37/h5,8-9,11-12,14,17,20-21,24,32,34-35,38H,3-4,6-7,10H2,1-2H3,(H2,29,37)/t14-,17+,20+,21-,24-,28+/m1/s1. The van der Waals surface area contributed by atoms with E-state index in [0.29, 0.717) is 5.56 Å². The number of ketones is 2. The molecule has 0 aromatic heterocycles. The lowest BCUT2D eigenvalue weighted by Crippen LogP contribution is -2.69. The average molecular weight is 557 g/mol. The highest BCUT2D eigenvalue weighted by Crippen LogP contribution is 2.56. The number of carbonyl (C=O) groups excluding carboxylic acids is 4. The number of rotatable bonds is 7. The quantitative estimate of drug-likeness (QED) is 0.235. The summed E-state index contributed by atoms with van der Waals surface area (Å²) in [4.78, 5) is 53.1. The number of hydrogen-bond acceptors (Lipinski definition) is 11. The first-order chi connectivity index (χ1) is 19.0. The maximum absolute atomic E-state index is 13.9. The Balaban J connectivity index is 1.78. The van der Waals surface area contributed by atoms with Crippen molar-refractivity contribution in [2.75, 3.05) is 20.7 Å². The van der Waals surface area contributed by atoms with Gasteiger partial charge in [0, 0.05) is 17.4 Å². The van der Waals surface area contributed by atoms with E-state index in [0.717, 1.165) is 25.7 Å². The Morgan fingerprint density at radius 1 is 1.18 bits per heavy atom. The fourth-order valence-electron chi connectivity index (χ4n) is 7.09. The van der Waals surface area contributed by atoms with E-state index in [2.05, 4.69) is 0 Å². The summed E-state index contributed by atoms with van der Waals surface area (Å²) in [5, 5.41) is 45.3. The number of fused-ring (bicyclic) bond motifs is 3. The number of aromatic hydroxyl groups is 1. The van der Waals surface area contributed by atoms with Crippen molar-refractivity contribution < 1.29 is 49.1 Å². The summed E-state index contributed by atoms with van der Waals surface area (Å²) >= 11 is 0. The number of likely N-dealkylation sites (N-methyl/N-ethyl adjacent to an activating group) is 1. The second kappa shape index (κ2) is 10.0. The second-order valence-corrected chi connectivity index (χ2v) is 11.1. The Morgan fingerprint density at radius 3 is 2.45 bits per heavy atom. The van der Waals surface area contributed by atoms with Gasteiger partial charge in [-0.2, -0.15) is 0 Å². The van der Waals surface area contributed by atoms with Crippen LogP contribution in [-0.4, -0.2) is 93.8 Å². The van der Waals surface area contributed by atoms with Gasteiger partial charge >= 0.3 is 0 Å². The van der Waals surface area contributed by atoms with E-state index in [1.54, 1.807) is 12.1 Å². The number of benzene rings is 1. The first kappa shape index (κ1) is 27.8. The molecule has 0 bridgehead atoms. The molecule has 1 aromatic carbocycles. The lowest BCUT2D eigenvalue weighted by molar-refractivity contribution is -0.174. The summed E-state index contributed by atoms with van der Waals surface area (Å²) in [5.74, 6) is -9.33. The van der Waals surface area contributed by atoms with Crippen LogP contribution < -0.4 is 5.73 Å². The first-order valence-corrected chi connectivity index (χ1v) is 13.1. The number of Topliss-reactive ketones (excluding diaryl/α,β-unsaturated/α-hetero) is 2. The van der Waals surface area contributed by atoms with Crippen LogP contribution in [-0.2, 0) is 23.9 Å². The van der Waals surface area contributed by atoms with E-state index in [4.69, 9.17) is 15.2 Å². The summed E-state index contributed by atoms with van der Waals surface area (Å²) < 4.78 is 11.7. The van der Waals surface area contributed by atoms with Gasteiger partial charge in [0.15, 0.2) is 11.4 Å². The molecular weight excluding hydrogens is 524 g/mol. The van der Waals surface area contributed by atoms with Gasteiger partial charge in [-0.1, -0.05) is 25.0 Å². The summed E-state index contributed by atoms with van der Waals surface area (Å²) in [7, 11) is 2.98. The molecule has 0 spiro atoms. The maximum atomic E-state index is 13.9. The van der Waals surface area contributed by atoms with Crippen LogP contribution in [0.15, 0.2) is 40.9 Å². The molecule has 40 heavy (non-hydrogen) atoms. The fourth-order valence-corrected chi connectivity index (χ4v) is 7.09. The molecule has 0 radical (unpaired) electrons. The summed E-state index contributed by atoms with van der Waals surface area (Å²) in [6.45, 7) is 0.110. The molecule has 6 N–H and O–H groups in total. The van der Waals surface area contributed by atoms with Crippen LogP contribution in [0.2, 0.25) is 0 Å². The third-order valence-corrected chi connectivity index (χ3v) is 8.80. The maximum Gasteiger partial charge on any atom is 0.293 e. The molecule has 5 rings (SSSR count). The smallest absolute Gasteiger partial charge is 0.293 e. The average Bonchev–Trinajstić information content (AvgIpc) is 3.41. The molecule has 0 heterocycles. The highest BCUT2D eigenvalue weighted by molar-refractivity contribution is 6.25. The minimum Gasteiger partial charge on any atom is -0.510 e. The van der Waals surface area contributed by atoms with Gasteiger partial charge in [0.1, 0.15) is 28.9 Å². The molecule has 1 amide bonds. The zero-order valence-electron chi connectivity index (χ0n) is 22.1. The van der Waals surface area contributed by atoms with Crippen LogP contribution in [0.1, 0.15) is 47.5 Å². The van der Waals surface area contributed by atoms with Crippen LogP contribution in [0.5, 0.6) is 5.75 Å². The fraction of sp³-hybridized carbons (Fsp3) is 0.500. The molecule has 12 nitrogen and oxygen atoms in total. The van der Waals surface area contributed by atoms with Crippen molar-refractivity contribution in [2.24, 2.45) is 17.6 Å². The minimum atomic E-state index is -2.97. The number of carbonyl (C=O) groups is 4. The van der Waals surface area contributed by atoms with Gasteiger partial charge in [-0.25, -0.2) is 0 Å². The number of nitrogens with two attached hydrogens (primary N) is 1. The molecule has 1 saturated carbocycles. The van der Waals surface area contributed by atoms with Gasteiger partial charge < -0.3 is 35.6 Å². The van der Waals surface area contributed by atoms with Crippen LogP contribution >= 0.6 is 0 Å². The molecule has 4 aliphatic carbocycles. The van der Waals surface area contributed by atoms with Crippen molar-refractivity contribution in [3.8, 4) is 5.75 Å². The lowest BCUT2D eigenvalue weighted by atomic mass is 9.55. The molecular formula is C28H32N2O10. The van der Waals surface area contributed by atoms with E-state index in [-0.39, 0.29) is 30.5 Å². The minimum absolute atomic E-state index is 0.00858. The van der Waals surface area contributed by atoms with Crippen molar-refractivity contribution in [1.29, 1.82) is 0 Å². The topological polar surface area (TPSA) is 197 Å². The van der Waals surface area contributed by atoms with E-state index >= 15 is 0 Å². The van der Waals surface area contributed by atoms with Crippen LogP contribution in [0.4, 0.5) is 0 Å². The number of amides is 1. The Hall–Kier alpha value is -3.74. The highest BCUT2D eigenvalue weighted by Gasteiger charge is 2.68. The van der Waals surface area contributed by atoms with Gasteiger partial charge in [0.25, 0.3) is 12.4 Å². The van der Waals surface area contributed by atoms with Gasteiger partial charge in [-0.15, -0.1) is 0 Å². The molecule has 214 valence electrons. The predicted octanol–water partition coefficient (Wildman–Crippen LogP) is 0.772. The zero-order chi connectivity index (χ0) is 29.1. The van der Waals surface area contributed by atoms with E-state index in [9.17, 15) is 39.6 Å². The Morgan fingerprint density at radius 2 is 1.85 bits per heavy atom. The van der Waals surface area contributed by atoms with Crippen molar-refractivity contribution in [3.63, 3.8) is 0 Å². The van der Waals surface area contributed by atoms with Gasteiger partial charge in [0.05, 0.1) is 30.2 Å². The summed E-state index contributed by atoms with van der Waals surface area (Å²) in [6, 6.07) is 3.13. The monoisotopic (exact) mass is 556 g/mol. The third-order valence-electron chi connectivity index (χ3n) is 8.80. The second-order valence-electron chi connectivity index (χ2n) is 11.1. The number of phenolic OH excluding ortho intramolecular Hbond substituents is 1. The summed E-state index contributed by atoms with van der Waals surface area (Å²) in [6.07, 6.45) is 2.14. The Kier molecular flexibility index (Phi) is 6.97. The number of phenols is 1. The van der Waals surface area contributed by atoms with Crippen molar-refractivity contribution in [2.45, 2.75) is 55.5 Å². The third kappa shape index (κ3) is 3.85. The molecule has 1 aromatic rings.